The molecular weight excluding hydrogens is 226 g/mol. The summed E-state index contributed by atoms with van der Waals surface area (Å²) < 4.78 is 0. The zero-order valence-corrected chi connectivity index (χ0v) is 11.2. The fourth-order valence-corrected chi connectivity index (χ4v) is 1.71. The highest BCUT2D eigenvalue weighted by Crippen LogP contribution is 2.18. The molecule has 0 radical (unpaired) electrons. The highest BCUT2D eigenvalue weighted by molar-refractivity contribution is 5.87. The molecule has 2 aromatic heterocycles. The Kier molecular flexibility index (Phi) is 5.11. The molecule has 96 valence electrons. The van der Waals surface area contributed by atoms with Gasteiger partial charge in [-0.25, -0.2) is 0 Å². The van der Waals surface area contributed by atoms with E-state index in [1.165, 1.54) is 6.07 Å². The Hall–Kier alpha value is -2.10. The summed E-state index contributed by atoms with van der Waals surface area (Å²) in [5.41, 5.74) is 3.35. The average molecular weight is 245 g/mol. The van der Waals surface area contributed by atoms with Gasteiger partial charge in [-0.3, -0.25) is 9.78 Å². The minimum Gasteiger partial charge on any atom is -0.388 e. The van der Waals surface area contributed by atoms with Crippen molar-refractivity contribution in [3.05, 3.63) is 46.4 Å². The van der Waals surface area contributed by atoms with Crippen LogP contribution in [-0.4, -0.2) is 17.0 Å². The fraction of sp³-hybridized carbons (Fsp3) is 0.286. The van der Waals surface area contributed by atoms with Crippen molar-refractivity contribution < 1.29 is 0 Å². The highest BCUT2D eigenvalue weighted by Gasteiger charge is 2.05. The van der Waals surface area contributed by atoms with Crippen molar-refractivity contribution in [1.29, 1.82) is 0 Å². The van der Waals surface area contributed by atoms with Gasteiger partial charge in [-0.1, -0.05) is 19.9 Å². The first-order valence-corrected chi connectivity index (χ1v) is 6.08. The maximum absolute atomic E-state index is 11.3. The second-order valence-electron chi connectivity index (χ2n) is 3.39. The Bertz CT molecular complexity index is 599. The van der Waals surface area contributed by atoms with Crippen LogP contribution < -0.4 is 10.9 Å². The molecule has 0 aliphatic rings. The van der Waals surface area contributed by atoms with Crippen molar-refractivity contribution in [3.63, 3.8) is 0 Å². The van der Waals surface area contributed by atoms with Gasteiger partial charge >= 0.3 is 0 Å². The van der Waals surface area contributed by atoms with E-state index in [-0.39, 0.29) is 5.56 Å². The fourth-order valence-electron chi connectivity index (χ4n) is 1.71. The lowest BCUT2D eigenvalue weighted by molar-refractivity contribution is 1.12. The number of hydrogen-bond donors (Lipinski definition) is 2. The van der Waals surface area contributed by atoms with Crippen molar-refractivity contribution >= 4 is 16.7 Å². The third kappa shape index (κ3) is 2.77. The van der Waals surface area contributed by atoms with E-state index in [4.69, 9.17) is 0 Å². The number of H-pyrrole nitrogens is 1. The lowest BCUT2D eigenvalue weighted by atomic mass is 10.1. The molecule has 0 amide bonds. The van der Waals surface area contributed by atoms with E-state index in [0.29, 0.717) is 0 Å². The Balaban J connectivity index is 0.000000771. The summed E-state index contributed by atoms with van der Waals surface area (Å²) in [6.45, 7) is 5.94. The smallest absolute Gasteiger partial charge is 0.248 e. The molecule has 4 nitrogen and oxygen atoms in total. The Morgan fingerprint density at radius 1 is 1.33 bits per heavy atom. The summed E-state index contributed by atoms with van der Waals surface area (Å²) in [4.78, 5) is 18.3. The lowest BCUT2D eigenvalue weighted by Gasteiger charge is -2.08. The van der Waals surface area contributed by atoms with Gasteiger partial charge in [0.05, 0.1) is 11.0 Å². The molecule has 0 aromatic carbocycles. The molecule has 0 saturated carbocycles. The maximum atomic E-state index is 11.3. The Morgan fingerprint density at radius 3 is 2.67 bits per heavy atom. The molecule has 2 heterocycles. The Labute approximate surface area is 107 Å². The highest BCUT2D eigenvalue weighted by atomic mass is 16.1. The molecule has 0 saturated heterocycles. The number of nitrogens with zero attached hydrogens (tertiary/aromatic N) is 1. The van der Waals surface area contributed by atoms with Gasteiger partial charge in [0.25, 0.3) is 0 Å². The topological polar surface area (TPSA) is 57.8 Å². The van der Waals surface area contributed by atoms with Gasteiger partial charge in [0.15, 0.2) is 0 Å². The molecule has 0 spiro atoms. The van der Waals surface area contributed by atoms with Crippen LogP contribution in [0.25, 0.3) is 16.7 Å². The summed E-state index contributed by atoms with van der Waals surface area (Å²) in [7, 11) is 1.85. The van der Waals surface area contributed by atoms with Crippen LogP contribution in [0.3, 0.4) is 0 Å². The van der Waals surface area contributed by atoms with E-state index in [0.717, 1.165) is 22.3 Å². The van der Waals surface area contributed by atoms with Gasteiger partial charge in [-0.05, 0) is 19.1 Å². The van der Waals surface area contributed by atoms with Crippen LogP contribution >= 0.6 is 0 Å². The number of allylic oxidation sites excluding steroid dienone is 1. The summed E-state index contributed by atoms with van der Waals surface area (Å²) >= 11 is 0. The number of aromatic amines is 1. The lowest BCUT2D eigenvalue weighted by Crippen LogP contribution is -2.09. The number of pyridine rings is 2. The minimum atomic E-state index is -0.117. The summed E-state index contributed by atoms with van der Waals surface area (Å²) in [6, 6.07) is 5.08. The van der Waals surface area contributed by atoms with E-state index in [1.807, 2.05) is 40.0 Å². The third-order valence-corrected chi connectivity index (χ3v) is 2.47. The van der Waals surface area contributed by atoms with Crippen LogP contribution in [0.4, 0.5) is 0 Å². The number of aromatic nitrogens is 2. The quantitative estimate of drug-likeness (QED) is 0.854. The van der Waals surface area contributed by atoms with Crippen LogP contribution in [0.2, 0.25) is 0 Å². The molecule has 4 heteroatoms. The van der Waals surface area contributed by atoms with Gasteiger partial charge in [-0.2, -0.15) is 0 Å². The van der Waals surface area contributed by atoms with E-state index in [1.54, 1.807) is 12.3 Å². The first-order valence-electron chi connectivity index (χ1n) is 6.08. The van der Waals surface area contributed by atoms with Gasteiger partial charge in [0.1, 0.15) is 0 Å². The normalized spacial score (nSPS) is 10.8. The summed E-state index contributed by atoms with van der Waals surface area (Å²) in [6.07, 6.45) is 3.69. The first-order chi connectivity index (χ1) is 8.76. The molecule has 18 heavy (non-hydrogen) atoms. The molecule has 0 aliphatic heterocycles. The zero-order chi connectivity index (χ0) is 13.5. The van der Waals surface area contributed by atoms with Gasteiger partial charge < -0.3 is 10.3 Å². The zero-order valence-electron chi connectivity index (χ0n) is 11.2. The number of nitrogens with one attached hydrogen (secondary N) is 2. The van der Waals surface area contributed by atoms with Crippen LogP contribution in [0.5, 0.6) is 0 Å². The van der Waals surface area contributed by atoms with E-state index >= 15 is 0 Å². The molecule has 0 unspecified atom stereocenters. The molecular formula is C14H19N3O. The molecule has 0 fully saturated rings. The van der Waals surface area contributed by atoms with Crippen LogP contribution in [0.15, 0.2) is 35.3 Å². The predicted octanol–water partition coefficient (Wildman–Crippen LogP) is 2.53. The second kappa shape index (κ2) is 6.59. The van der Waals surface area contributed by atoms with Crippen LogP contribution in [-0.2, 0) is 0 Å². The second-order valence-corrected chi connectivity index (χ2v) is 3.39. The minimum absolute atomic E-state index is 0.117. The SMILES string of the molecule is C/C=C(\NC)c1ccnc2ccc(=O)[nH]c12.CC. The molecule has 2 aromatic rings. The van der Waals surface area contributed by atoms with Gasteiger partial charge in [-0.15, -0.1) is 0 Å². The number of fused-ring (bicyclic) bond motifs is 1. The largest absolute Gasteiger partial charge is 0.388 e. The van der Waals surface area contributed by atoms with Crippen molar-refractivity contribution in [2.75, 3.05) is 7.05 Å². The number of rotatable bonds is 2. The van der Waals surface area contributed by atoms with E-state index in [9.17, 15) is 4.79 Å². The van der Waals surface area contributed by atoms with Crippen molar-refractivity contribution in [2.24, 2.45) is 0 Å². The summed E-state index contributed by atoms with van der Waals surface area (Å²) in [5, 5.41) is 3.09. The predicted molar refractivity (Wildman–Crippen MR) is 76.4 cm³/mol. The monoisotopic (exact) mass is 245 g/mol. The van der Waals surface area contributed by atoms with Gasteiger partial charge in [0.2, 0.25) is 5.56 Å². The standard InChI is InChI=1S/C12H13N3O.C2H6/c1-3-9(13-2)8-6-7-14-10-4-5-11(16)15-12(8)10;1-2/h3-7,13H,1-2H3,(H,15,16);1-2H3/b9-3-;. The van der Waals surface area contributed by atoms with Crippen molar-refractivity contribution in [2.45, 2.75) is 20.8 Å². The summed E-state index contributed by atoms with van der Waals surface area (Å²) in [5.74, 6) is 0. The van der Waals surface area contributed by atoms with E-state index < -0.39 is 0 Å². The first kappa shape index (κ1) is 14.0. The average Bonchev–Trinajstić information content (AvgIpc) is 2.43. The molecule has 0 bridgehead atoms. The third-order valence-electron chi connectivity index (χ3n) is 2.47. The molecule has 0 aliphatic carbocycles. The van der Waals surface area contributed by atoms with Crippen molar-refractivity contribution in [3.8, 4) is 0 Å². The van der Waals surface area contributed by atoms with Crippen LogP contribution in [0.1, 0.15) is 26.3 Å². The van der Waals surface area contributed by atoms with Crippen LogP contribution in [0, 0.1) is 0 Å². The van der Waals surface area contributed by atoms with E-state index in [2.05, 4.69) is 15.3 Å². The molecule has 2 N–H and O–H groups in total. The van der Waals surface area contributed by atoms with Crippen molar-refractivity contribution in [1.82, 2.24) is 15.3 Å². The maximum Gasteiger partial charge on any atom is 0.248 e. The van der Waals surface area contributed by atoms with Gasteiger partial charge in [0, 0.05) is 30.6 Å². The number of hydrogen-bond acceptors (Lipinski definition) is 3. The molecule has 0 atom stereocenters. The molecule has 2 rings (SSSR count). The Morgan fingerprint density at radius 2 is 2.06 bits per heavy atom.